The van der Waals surface area contributed by atoms with E-state index in [1.165, 1.54) is 17.6 Å². The molecule has 1 aliphatic heterocycles. The number of amides is 1. The molecule has 0 bridgehead atoms. The van der Waals surface area contributed by atoms with Gasteiger partial charge in [0.05, 0.1) is 12.0 Å². The molecule has 5 rings (SSSR count). The highest BCUT2D eigenvalue weighted by molar-refractivity contribution is 8.26. The normalized spacial score (nSPS) is 14.5. The minimum absolute atomic E-state index is 0.0818. The number of benzene rings is 2. The van der Waals surface area contributed by atoms with Gasteiger partial charge in [-0.05, 0) is 48.7 Å². The third-order valence-corrected chi connectivity index (χ3v) is 7.32. The van der Waals surface area contributed by atoms with Gasteiger partial charge in [0.25, 0.3) is 11.5 Å². The van der Waals surface area contributed by atoms with E-state index in [4.69, 9.17) is 21.7 Å². The molecule has 1 fully saturated rings. The quantitative estimate of drug-likeness (QED) is 0.239. The summed E-state index contributed by atoms with van der Waals surface area (Å²) in [5.74, 6) is 0.730. The van der Waals surface area contributed by atoms with Gasteiger partial charge in [-0.3, -0.25) is 18.9 Å². The molecule has 186 valence electrons. The highest BCUT2D eigenvalue weighted by Gasteiger charge is 2.32. The van der Waals surface area contributed by atoms with Gasteiger partial charge in [-0.15, -0.1) is 0 Å². The molecule has 0 aliphatic carbocycles. The lowest BCUT2D eigenvalue weighted by Gasteiger charge is -2.14. The van der Waals surface area contributed by atoms with Gasteiger partial charge in [-0.2, -0.15) is 4.98 Å². The van der Waals surface area contributed by atoms with Crippen LogP contribution >= 0.6 is 24.0 Å². The first-order valence-electron chi connectivity index (χ1n) is 11.6. The number of hydrogen-bond acceptors (Lipinski definition) is 7. The lowest BCUT2D eigenvalue weighted by molar-refractivity contribution is -0.122. The molecule has 0 N–H and O–H groups in total. The smallest absolute Gasteiger partial charge is 0.269 e. The fraction of sp³-hybridized carbons (Fsp3) is 0.143. The topological polar surface area (TPSA) is 73.1 Å². The number of methoxy groups -OCH3 is 1. The molecule has 1 amide bonds. The molecule has 2 aromatic heterocycles. The third-order valence-electron chi connectivity index (χ3n) is 5.94. The number of aryl methyl sites for hydroxylation is 1. The minimum atomic E-state index is -0.354. The Bertz CT molecular complexity index is 1600. The predicted molar refractivity (Wildman–Crippen MR) is 149 cm³/mol. The molecule has 7 nitrogen and oxygen atoms in total. The van der Waals surface area contributed by atoms with Gasteiger partial charge in [0.15, 0.2) is 11.5 Å². The van der Waals surface area contributed by atoms with Crippen LogP contribution in [0.3, 0.4) is 0 Å². The van der Waals surface area contributed by atoms with Crippen LogP contribution in [-0.2, 0) is 11.2 Å². The average Bonchev–Trinajstić information content (AvgIpc) is 3.18. The molecule has 0 unspecified atom stereocenters. The van der Waals surface area contributed by atoms with E-state index >= 15 is 0 Å². The van der Waals surface area contributed by atoms with Gasteiger partial charge in [0.2, 0.25) is 5.88 Å². The first-order chi connectivity index (χ1) is 18.0. The summed E-state index contributed by atoms with van der Waals surface area (Å²) < 4.78 is 13.4. The van der Waals surface area contributed by atoms with Crippen LogP contribution in [-0.4, -0.2) is 38.2 Å². The Morgan fingerprint density at radius 2 is 1.73 bits per heavy atom. The lowest BCUT2D eigenvalue weighted by Crippen LogP contribution is -2.30. The summed E-state index contributed by atoms with van der Waals surface area (Å²) in [6.45, 7) is 2.32. The molecule has 0 saturated carbocycles. The molecule has 3 heterocycles. The highest BCUT2D eigenvalue weighted by atomic mass is 32.2. The van der Waals surface area contributed by atoms with Gasteiger partial charge < -0.3 is 9.47 Å². The number of aromatic nitrogens is 2. The SMILES string of the molecule is COc1ccccc1Oc1nc2c(C)cccn2c(=O)c1/C=C1/SC(=S)N(CCc2ccccc2)C1=O. The summed E-state index contributed by atoms with van der Waals surface area (Å²) in [7, 11) is 1.54. The number of nitrogens with zero attached hydrogens (tertiary/aromatic N) is 3. The molecular weight excluding hydrogens is 506 g/mol. The molecule has 0 atom stereocenters. The molecular formula is C28H23N3O4S2. The standard InChI is InChI=1S/C28H23N3O4S2/c1-18-9-8-15-30-24(18)29-25(35-22-13-7-6-12-21(22)34-2)20(26(30)32)17-23-27(33)31(28(36)37-23)16-14-19-10-4-3-5-11-19/h3-13,15,17H,14,16H2,1-2H3/b23-17+. The Morgan fingerprint density at radius 1 is 1.00 bits per heavy atom. The van der Waals surface area contributed by atoms with Crippen molar-refractivity contribution in [1.82, 2.24) is 14.3 Å². The van der Waals surface area contributed by atoms with Crippen LogP contribution in [0.25, 0.3) is 11.7 Å². The van der Waals surface area contributed by atoms with Crippen molar-refractivity contribution in [1.29, 1.82) is 0 Å². The van der Waals surface area contributed by atoms with Gasteiger partial charge in [0, 0.05) is 12.7 Å². The Hall–Kier alpha value is -3.95. The minimum Gasteiger partial charge on any atom is -0.493 e. The van der Waals surface area contributed by atoms with Crippen LogP contribution in [0.15, 0.2) is 82.6 Å². The monoisotopic (exact) mass is 529 g/mol. The lowest BCUT2D eigenvalue weighted by atomic mass is 10.1. The number of thiocarbonyl (C=S) groups is 1. The van der Waals surface area contributed by atoms with Crippen LogP contribution in [0.4, 0.5) is 0 Å². The van der Waals surface area contributed by atoms with Crippen molar-refractivity contribution in [2.24, 2.45) is 0 Å². The second kappa shape index (κ2) is 10.6. The van der Waals surface area contributed by atoms with E-state index < -0.39 is 0 Å². The first-order valence-corrected chi connectivity index (χ1v) is 12.8. The molecule has 2 aromatic carbocycles. The summed E-state index contributed by atoms with van der Waals surface area (Å²) in [5.41, 5.74) is 2.18. The molecule has 4 aromatic rings. The molecule has 0 spiro atoms. The van der Waals surface area contributed by atoms with Crippen LogP contribution in [0, 0.1) is 6.92 Å². The van der Waals surface area contributed by atoms with E-state index in [0.717, 1.165) is 22.9 Å². The number of rotatable bonds is 7. The second-order valence-corrected chi connectivity index (χ2v) is 10.0. The summed E-state index contributed by atoms with van der Waals surface area (Å²) in [4.78, 5) is 33.5. The fourth-order valence-corrected chi connectivity index (χ4v) is 5.30. The van der Waals surface area contributed by atoms with Crippen molar-refractivity contribution < 1.29 is 14.3 Å². The third kappa shape index (κ3) is 5.00. The van der Waals surface area contributed by atoms with Gasteiger partial charge in [-0.1, -0.05) is 72.5 Å². The number of carbonyl (C=O) groups excluding carboxylic acids is 1. The van der Waals surface area contributed by atoms with E-state index in [-0.39, 0.29) is 22.9 Å². The summed E-state index contributed by atoms with van der Waals surface area (Å²) in [6.07, 6.45) is 3.84. The van der Waals surface area contributed by atoms with E-state index in [2.05, 4.69) is 4.98 Å². The molecule has 1 aliphatic rings. The van der Waals surface area contributed by atoms with E-state index in [1.54, 1.807) is 35.4 Å². The van der Waals surface area contributed by atoms with Crippen molar-refractivity contribution in [3.63, 3.8) is 0 Å². The van der Waals surface area contributed by atoms with E-state index in [0.29, 0.717) is 39.3 Å². The van der Waals surface area contributed by atoms with Crippen molar-refractivity contribution in [3.05, 3.63) is 105 Å². The van der Waals surface area contributed by atoms with Crippen molar-refractivity contribution in [2.45, 2.75) is 13.3 Å². The largest absolute Gasteiger partial charge is 0.493 e. The Labute approximate surface area is 223 Å². The second-order valence-electron chi connectivity index (χ2n) is 8.34. The molecule has 9 heteroatoms. The van der Waals surface area contributed by atoms with Crippen molar-refractivity contribution in [3.8, 4) is 17.4 Å². The maximum atomic E-state index is 13.6. The summed E-state index contributed by atoms with van der Waals surface area (Å²) in [6, 6.07) is 20.7. The molecule has 1 saturated heterocycles. The Morgan fingerprint density at radius 3 is 2.49 bits per heavy atom. The van der Waals surface area contributed by atoms with E-state index in [9.17, 15) is 9.59 Å². The number of hydrogen-bond donors (Lipinski definition) is 0. The zero-order chi connectivity index (χ0) is 25.9. The average molecular weight is 530 g/mol. The number of para-hydroxylation sites is 2. The van der Waals surface area contributed by atoms with Gasteiger partial charge >= 0.3 is 0 Å². The zero-order valence-corrected chi connectivity index (χ0v) is 21.8. The first kappa shape index (κ1) is 24.7. The summed E-state index contributed by atoms with van der Waals surface area (Å²) >= 11 is 6.67. The number of ether oxygens (including phenoxy) is 2. The number of fused-ring (bicyclic) bond motifs is 1. The molecule has 0 radical (unpaired) electrons. The van der Waals surface area contributed by atoms with Crippen molar-refractivity contribution >= 4 is 45.9 Å². The van der Waals surface area contributed by atoms with Crippen LogP contribution in [0.5, 0.6) is 17.4 Å². The van der Waals surface area contributed by atoms with Crippen LogP contribution in [0.2, 0.25) is 0 Å². The zero-order valence-electron chi connectivity index (χ0n) is 20.2. The Balaban J connectivity index is 1.55. The maximum absolute atomic E-state index is 13.6. The van der Waals surface area contributed by atoms with Gasteiger partial charge in [0.1, 0.15) is 15.5 Å². The van der Waals surface area contributed by atoms with Gasteiger partial charge in [-0.25, -0.2) is 0 Å². The highest BCUT2D eigenvalue weighted by Crippen LogP contribution is 2.36. The van der Waals surface area contributed by atoms with E-state index in [1.807, 2.05) is 49.4 Å². The van der Waals surface area contributed by atoms with Crippen LogP contribution in [0.1, 0.15) is 16.7 Å². The maximum Gasteiger partial charge on any atom is 0.269 e. The summed E-state index contributed by atoms with van der Waals surface area (Å²) in [5, 5.41) is 0. The Kier molecular flexibility index (Phi) is 7.07. The van der Waals surface area contributed by atoms with Crippen LogP contribution < -0.4 is 15.0 Å². The number of pyridine rings is 1. The molecule has 37 heavy (non-hydrogen) atoms. The number of carbonyl (C=O) groups is 1. The number of thioether (sulfide) groups is 1. The van der Waals surface area contributed by atoms with Crippen molar-refractivity contribution in [2.75, 3.05) is 13.7 Å². The fourth-order valence-electron chi connectivity index (χ4n) is 4.01. The predicted octanol–water partition coefficient (Wildman–Crippen LogP) is 5.25.